The highest BCUT2D eigenvalue weighted by Crippen LogP contribution is 2.28. The molecule has 0 unspecified atom stereocenters. The Labute approximate surface area is 171 Å². The summed E-state index contributed by atoms with van der Waals surface area (Å²) >= 11 is 0. The summed E-state index contributed by atoms with van der Waals surface area (Å²) in [6.07, 6.45) is 3.97. The molecule has 1 fully saturated rings. The van der Waals surface area contributed by atoms with Gasteiger partial charge in [0.15, 0.2) is 0 Å². The van der Waals surface area contributed by atoms with E-state index in [0.29, 0.717) is 24.0 Å². The van der Waals surface area contributed by atoms with Gasteiger partial charge in [0.2, 0.25) is 5.82 Å². The summed E-state index contributed by atoms with van der Waals surface area (Å²) in [6.45, 7) is 2.73. The first-order valence-corrected chi connectivity index (χ1v) is 9.82. The molecule has 0 radical (unpaired) electrons. The Morgan fingerprint density at radius 3 is 2.79 bits per heavy atom. The summed E-state index contributed by atoms with van der Waals surface area (Å²) in [5.74, 6) is 6.59. The number of aromatic nitrogens is 2. The van der Waals surface area contributed by atoms with E-state index >= 15 is 0 Å². The van der Waals surface area contributed by atoms with Gasteiger partial charge in [0.1, 0.15) is 0 Å². The zero-order chi connectivity index (χ0) is 20.4. The van der Waals surface area contributed by atoms with Gasteiger partial charge in [-0.1, -0.05) is 18.1 Å². The van der Waals surface area contributed by atoms with Crippen LogP contribution in [-0.2, 0) is 0 Å². The van der Waals surface area contributed by atoms with E-state index in [2.05, 4.69) is 40.1 Å². The van der Waals surface area contributed by atoms with Crippen LogP contribution >= 0.6 is 0 Å². The SMILES string of the molecule is Cc1ccc(C(=O)NC2CC2)cc1-c1ccc2nc(C#CCN(C)C)ncc2c1. The maximum atomic E-state index is 12.4. The van der Waals surface area contributed by atoms with E-state index in [4.69, 9.17) is 0 Å². The van der Waals surface area contributed by atoms with Gasteiger partial charge in [-0.15, -0.1) is 0 Å². The molecule has 0 bridgehead atoms. The Morgan fingerprint density at radius 1 is 1.21 bits per heavy atom. The lowest BCUT2D eigenvalue weighted by Gasteiger charge is -2.10. The number of fused-ring (bicyclic) bond motifs is 1. The van der Waals surface area contributed by atoms with Crippen molar-refractivity contribution in [3.05, 3.63) is 59.5 Å². The molecule has 1 heterocycles. The van der Waals surface area contributed by atoms with E-state index < -0.39 is 0 Å². The summed E-state index contributed by atoms with van der Waals surface area (Å²) in [5, 5.41) is 4.00. The van der Waals surface area contributed by atoms with Crippen LogP contribution in [-0.4, -0.2) is 47.5 Å². The van der Waals surface area contributed by atoms with Crippen LogP contribution in [0, 0.1) is 18.8 Å². The highest BCUT2D eigenvalue weighted by molar-refractivity contribution is 5.96. The smallest absolute Gasteiger partial charge is 0.251 e. The minimum Gasteiger partial charge on any atom is -0.349 e. The average Bonchev–Trinajstić information content (AvgIpc) is 3.51. The van der Waals surface area contributed by atoms with Crippen LogP contribution in [0.15, 0.2) is 42.6 Å². The number of hydrogen-bond acceptors (Lipinski definition) is 4. The van der Waals surface area contributed by atoms with Crippen LogP contribution in [0.1, 0.15) is 34.6 Å². The number of benzene rings is 2. The fraction of sp³-hybridized carbons (Fsp3) is 0.292. The molecule has 5 heteroatoms. The van der Waals surface area contributed by atoms with Gasteiger partial charge in [-0.2, -0.15) is 0 Å². The maximum absolute atomic E-state index is 12.4. The summed E-state index contributed by atoms with van der Waals surface area (Å²) in [4.78, 5) is 23.3. The van der Waals surface area contributed by atoms with Crippen molar-refractivity contribution in [2.75, 3.05) is 20.6 Å². The number of aryl methyl sites for hydroxylation is 1. The van der Waals surface area contributed by atoms with E-state index in [1.807, 2.05) is 55.5 Å². The van der Waals surface area contributed by atoms with Crippen molar-refractivity contribution in [1.29, 1.82) is 0 Å². The number of hydrogen-bond donors (Lipinski definition) is 1. The predicted molar refractivity (Wildman–Crippen MR) is 116 cm³/mol. The van der Waals surface area contributed by atoms with Gasteiger partial charge >= 0.3 is 0 Å². The van der Waals surface area contributed by atoms with Crippen molar-refractivity contribution >= 4 is 16.8 Å². The monoisotopic (exact) mass is 384 g/mol. The van der Waals surface area contributed by atoms with Gasteiger partial charge in [0, 0.05) is 23.2 Å². The first kappa shape index (κ1) is 19.1. The zero-order valence-electron chi connectivity index (χ0n) is 17.0. The largest absolute Gasteiger partial charge is 0.349 e. The fourth-order valence-corrected chi connectivity index (χ4v) is 3.11. The van der Waals surface area contributed by atoms with Gasteiger partial charge in [0.25, 0.3) is 5.91 Å². The van der Waals surface area contributed by atoms with Gasteiger partial charge in [-0.05, 0) is 80.7 Å². The molecule has 0 spiro atoms. The molecule has 2 aromatic carbocycles. The molecular formula is C24H24N4O. The number of amides is 1. The third kappa shape index (κ3) is 4.61. The fourth-order valence-electron chi connectivity index (χ4n) is 3.11. The van der Waals surface area contributed by atoms with Crippen molar-refractivity contribution in [3.63, 3.8) is 0 Å². The molecule has 0 saturated heterocycles. The van der Waals surface area contributed by atoms with Gasteiger partial charge in [-0.25, -0.2) is 9.97 Å². The molecule has 0 atom stereocenters. The van der Waals surface area contributed by atoms with E-state index in [0.717, 1.165) is 40.4 Å². The van der Waals surface area contributed by atoms with Crippen LogP contribution in [0.2, 0.25) is 0 Å². The minimum absolute atomic E-state index is 0.00110. The standard InChI is InChI=1S/C24H24N4O/c1-16-6-7-18(24(29)26-20-9-10-20)14-21(16)17-8-11-22-19(13-17)15-25-23(27-22)5-4-12-28(2)3/h6-8,11,13-15,20H,9-10,12H2,1-3H3,(H,26,29). The first-order chi connectivity index (χ1) is 14.0. The van der Waals surface area contributed by atoms with Crippen molar-refractivity contribution in [1.82, 2.24) is 20.2 Å². The third-order valence-corrected chi connectivity index (χ3v) is 4.90. The van der Waals surface area contributed by atoms with Gasteiger partial charge in [0.05, 0.1) is 12.1 Å². The maximum Gasteiger partial charge on any atom is 0.251 e. The molecule has 29 heavy (non-hydrogen) atoms. The van der Waals surface area contributed by atoms with E-state index in [1.165, 1.54) is 0 Å². The second-order valence-corrected chi connectivity index (χ2v) is 7.78. The number of nitrogens with zero attached hydrogens (tertiary/aromatic N) is 3. The lowest BCUT2D eigenvalue weighted by Crippen LogP contribution is -2.25. The molecule has 3 aromatic rings. The van der Waals surface area contributed by atoms with Crippen LogP contribution < -0.4 is 5.32 Å². The average molecular weight is 384 g/mol. The van der Waals surface area contributed by atoms with Gasteiger partial charge < -0.3 is 5.32 Å². The molecule has 4 rings (SSSR count). The van der Waals surface area contributed by atoms with E-state index in [-0.39, 0.29) is 5.91 Å². The van der Waals surface area contributed by atoms with Crippen molar-refractivity contribution in [3.8, 4) is 23.0 Å². The highest BCUT2D eigenvalue weighted by Gasteiger charge is 2.24. The quantitative estimate of drug-likeness (QED) is 0.701. The molecule has 146 valence electrons. The number of carbonyl (C=O) groups excluding carboxylic acids is 1. The van der Waals surface area contributed by atoms with Gasteiger partial charge in [-0.3, -0.25) is 9.69 Å². The first-order valence-electron chi connectivity index (χ1n) is 9.82. The molecule has 5 nitrogen and oxygen atoms in total. The summed E-state index contributed by atoms with van der Waals surface area (Å²) in [6, 6.07) is 12.3. The van der Waals surface area contributed by atoms with Crippen LogP contribution in [0.3, 0.4) is 0 Å². The summed E-state index contributed by atoms with van der Waals surface area (Å²) in [5.41, 5.74) is 4.77. The normalized spacial score (nSPS) is 13.2. The van der Waals surface area contributed by atoms with E-state index in [1.54, 1.807) is 0 Å². The Hall–Kier alpha value is -3.23. The molecule has 1 N–H and O–H groups in total. The molecule has 1 aliphatic rings. The Balaban J connectivity index is 1.63. The predicted octanol–water partition coefficient (Wildman–Crippen LogP) is 3.41. The lowest BCUT2D eigenvalue weighted by atomic mass is 9.97. The summed E-state index contributed by atoms with van der Waals surface area (Å²) in [7, 11) is 3.95. The van der Waals surface area contributed by atoms with Crippen LogP contribution in [0.5, 0.6) is 0 Å². The Morgan fingerprint density at radius 2 is 2.03 bits per heavy atom. The van der Waals surface area contributed by atoms with E-state index in [9.17, 15) is 4.79 Å². The van der Waals surface area contributed by atoms with Crippen molar-refractivity contribution < 1.29 is 4.79 Å². The summed E-state index contributed by atoms with van der Waals surface area (Å²) < 4.78 is 0. The second kappa shape index (κ2) is 8.02. The molecule has 1 aromatic heterocycles. The molecule has 1 amide bonds. The molecule has 1 aliphatic carbocycles. The number of nitrogens with one attached hydrogen (secondary N) is 1. The highest BCUT2D eigenvalue weighted by atomic mass is 16.1. The van der Waals surface area contributed by atoms with Crippen molar-refractivity contribution in [2.24, 2.45) is 0 Å². The van der Waals surface area contributed by atoms with Crippen LogP contribution in [0.25, 0.3) is 22.0 Å². The zero-order valence-corrected chi connectivity index (χ0v) is 17.0. The second-order valence-electron chi connectivity index (χ2n) is 7.78. The third-order valence-electron chi connectivity index (χ3n) is 4.90. The number of rotatable bonds is 4. The topological polar surface area (TPSA) is 58.1 Å². The van der Waals surface area contributed by atoms with Crippen LogP contribution in [0.4, 0.5) is 0 Å². The lowest BCUT2D eigenvalue weighted by molar-refractivity contribution is 0.0951. The van der Waals surface area contributed by atoms with Crippen molar-refractivity contribution in [2.45, 2.75) is 25.8 Å². The molecule has 0 aliphatic heterocycles. The molecular weight excluding hydrogens is 360 g/mol. The minimum atomic E-state index is -0.00110. The molecule has 1 saturated carbocycles. The Kier molecular flexibility index (Phi) is 5.28. The Bertz CT molecular complexity index is 1140. The number of carbonyl (C=O) groups is 1.